The summed E-state index contributed by atoms with van der Waals surface area (Å²) in [5.41, 5.74) is 4.08. The Bertz CT molecular complexity index is 1120. The first-order valence-electron chi connectivity index (χ1n) is 9.28. The van der Waals surface area contributed by atoms with Gasteiger partial charge in [-0.2, -0.15) is 0 Å². The van der Waals surface area contributed by atoms with Crippen molar-refractivity contribution in [1.82, 2.24) is 9.97 Å². The van der Waals surface area contributed by atoms with Gasteiger partial charge in [-0.15, -0.1) is 22.7 Å². The quantitative estimate of drug-likeness (QED) is 0.414. The Morgan fingerprint density at radius 2 is 1.40 bits per heavy atom. The number of hydrogen-bond donors (Lipinski definition) is 2. The van der Waals surface area contributed by atoms with Crippen LogP contribution in [0.1, 0.15) is 12.8 Å². The normalized spacial score (nSPS) is 10.5. The van der Waals surface area contributed by atoms with Crippen LogP contribution < -0.4 is 10.6 Å². The maximum Gasteiger partial charge on any atom is 0.226 e. The second-order valence-electron chi connectivity index (χ2n) is 6.41. The number of carbonyl (C=O) groups is 2. The lowest BCUT2D eigenvalue weighted by atomic mass is 10.0. The van der Waals surface area contributed by atoms with Crippen molar-refractivity contribution in [2.24, 2.45) is 0 Å². The molecule has 30 heavy (non-hydrogen) atoms. The number of benzene rings is 2. The number of rotatable bonds is 7. The largest absolute Gasteiger partial charge is 0.302 e. The lowest BCUT2D eigenvalue weighted by molar-refractivity contribution is -0.121. The third kappa shape index (κ3) is 5.16. The molecule has 6 nitrogen and oxygen atoms in total. The fourth-order valence-corrected chi connectivity index (χ4v) is 4.08. The molecule has 0 bridgehead atoms. The predicted molar refractivity (Wildman–Crippen MR) is 122 cm³/mol. The minimum atomic E-state index is -0.246. The number of nitrogens with zero attached hydrogens (tertiary/aromatic N) is 2. The topological polar surface area (TPSA) is 84.0 Å². The molecule has 0 radical (unpaired) electrons. The molecule has 2 amide bonds. The highest BCUT2D eigenvalue weighted by atomic mass is 32.1. The molecule has 0 saturated carbocycles. The highest BCUT2D eigenvalue weighted by Gasteiger charge is 2.11. The zero-order valence-corrected chi connectivity index (χ0v) is 17.5. The van der Waals surface area contributed by atoms with Crippen LogP contribution in [0.3, 0.4) is 0 Å². The van der Waals surface area contributed by atoms with Crippen LogP contribution in [0.4, 0.5) is 10.3 Å². The second-order valence-corrected chi connectivity index (χ2v) is 8.17. The van der Waals surface area contributed by atoms with Gasteiger partial charge in [0.1, 0.15) is 0 Å². The maximum absolute atomic E-state index is 12.1. The van der Waals surface area contributed by atoms with Gasteiger partial charge in [-0.1, -0.05) is 54.6 Å². The van der Waals surface area contributed by atoms with Crippen LogP contribution in [0.25, 0.3) is 22.4 Å². The Morgan fingerprint density at radius 1 is 0.767 bits per heavy atom. The fourth-order valence-electron chi connectivity index (χ4n) is 2.80. The second kappa shape index (κ2) is 9.43. The highest BCUT2D eigenvalue weighted by molar-refractivity contribution is 7.14. The molecule has 4 aromatic rings. The summed E-state index contributed by atoms with van der Waals surface area (Å²) >= 11 is 2.70. The summed E-state index contributed by atoms with van der Waals surface area (Å²) in [5.74, 6) is -0.483. The summed E-state index contributed by atoms with van der Waals surface area (Å²) in [5, 5.41) is 10.1. The first-order valence-corrected chi connectivity index (χ1v) is 11.0. The van der Waals surface area contributed by atoms with Crippen LogP contribution >= 0.6 is 22.7 Å². The molecule has 8 heteroatoms. The molecule has 2 heterocycles. The average Bonchev–Trinajstić information content (AvgIpc) is 3.45. The van der Waals surface area contributed by atoms with Crippen molar-refractivity contribution in [2.45, 2.75) is 12.8 Å². The van der Waals surface area contributed by atoms with E-state index >= 15 is 0 Å². The van der Waals surface area contributed by atoms with E-state index in [0.29, 0.717) is 10.3 Å². The van der Waals surface area contributed by atoms with Gasteiger partial charge in [0.2, 0.25) is 11.8 Å². The zero-order valence-electron chi connectivity index (χ0n) is 15.9. The van der Waals surface area contributed by atoms with Gasteiger partial charge >= 0.3 is 0 Å². The standard InChI is InChI=1S/C22H18N4O2S2/c27-19(25-21-23-12-13-29-21)10-11-20(28)26-22-24-18(14-30-22)17-8-6-16(7-9-17)15-4-2-1-3-5-15/h1-9,12-14H,10-11H2,(H,23,25,27)(H,24,26,28). The number of thiazole rings is 2. The van der Waals surface area contributed by atoms with E-state index in [0.717, 1.165) is 22.4 Å². The summed E-state index contributed by atoms with van der Waals surface area (Å²) in [7, 11) is 0. The Morgan fingerprint density at radius 3 is 2.07 bits per heavy atom. The monoisotopic (exact) mass is 434 g/mol. The predicted octanol–water partition coefficient (Wildman–Crippen LogP) is 5.29. The number of carbonyl (C=O) groups excluding carboxylic acids is 2. The first-order chi connectivity index (χ1) is 14.7. The molecule has 0 aliphatic heterocycles. The molecule has 150 valence electrons. The lowest BCUT2D eigenvalue weighted by Crippen LogP contribution is -2.17. The molecule has 0 fully saturated rings. The van der Waals surface area contributed by atoms with Crippen molar-refractivity contribution in [3.05, 3.63) is 71.6 Å². The Hall–Kier alpha value is -3.36. The van der Waals surface area contributed by atoms with E-state index < -0.39 is 0 Å². The molecular formula is C22H18N4O2S2. The number of hydrogen-bond acceptors (Lipinski definition) is 6. The molecular weight excluding hydrogens is 416 g/mol. The van der Waals surface area contributed by atoms with Crippen LogP contribution in [0, 0.1) is 0 Å². The van der Waals surface area contributed by atoms with E-state index in [1.165, 1.54) is 22.7 Å². The van der Waals surface area contributed by atoms with Crippen molar-refractivity contribution in [3.8, 4) is 22.4 Å². The number of aromatic nitrogens is 2. The van der Waals surface area contributed by atoms with Gasteiger partial charge in [0.15, 0.2) is 10.3 Å². The smallest absolute Gasteiger partial charge is 0.226 e. The van der Waals surface area contributed by atoms with Gasteiger partial charge in [0.25, 0.3) is 0 Å². The molecule has 0 spiro atoms. The van der Waals surface area contributed by atoms with E-state index in [2.05, 4.69) is 44.9 Å². The summed E-state index contributed by atoms with van der Waals surface area (Å²) in [4.78, 5) is 32.4. The van der Waals surface area contributed by atoms with Crippen molar-refractivity contribution in [2.75, 3.05) is 10.6 Å². The molecule has 0 aliphatic carbocycles. The third-order valence-electron chi connectivity index (χ3n) is 4.30. The summed E-state index contributed by atoms with van der Waals surface area (Å²) in [6, 6.07) is 18.3. The maximum atomic E-state index is 12.1. The molecule has 0 saturated heterocycles. The molecule has 4 rings (SSSR count). The van der Waals surface area contributed by atoms with Gasteiger partial charge in [0, 0.05) is 35.4 Å². The molecule has 0 unspecified atom stereocenters. The van der Waals surface area contributed by atoms with Crippen molar-refractivity contribution in [1.29, 1.82) is 0 Å². The fraction of sp³-hybridized carbons (Fsp3) is 0.0909. The summed E-state index contributed by atoms with van der Waals surface area (Å²) < 4.78 is 0. The van der Waals surface area contributed by atoms with Gasteiger partial charge in [-0.3, -0.25) is 9.59 Å². The zero-order chi connectivity index (χ0) is 20.8. The SMILES string of the molecule is O=C(CCC(=O)Nc1nc(-c2ccc(-c3ccccc3)cc2)cs1)Nc1nccs1. The summed E-state index contributed by atoms with van der Waals surface area (Å²) in [6.45, 7) is 0. The number of amides is 2. The van der Waals surface area contributed by atoms with Crippen LogP contribution in [0.2, 0.25) is 0 Å². The van der Waals surface area contributed by atoms with E-state index in [-0.39, 0.29) is 24.7 Å². The van der Waals surface area contributed by atoms with Crippen molar-refractivity contribution < 1.29 is 9.59 Å². The van der Waals surface area contributed by atoms with Crippen molar-refractivity contribution >= 4 is 44.8 Å². The number of anilines is 2. The van der Waals surface area contributed by atoms with Crippen LogP contribution in [-0.4, -0.2) is 21.8 Å². The van der Waals surface area contributed by atoms with Crippen LogP contribution in [-0.2, 0) is 9.59 Å². The van der Waals surface area contributed by atoms with Gasteiger partial charge in [-0.25, -0.2) is 9.97 Å². The van der Waals surface area contributed by atoms with Gasteiger partial charge < -0.3 is 10.6 Å². The van der Waals surface area contributed by atoms with Crippen molar-refractivity contribution in [3.63, 3.8) is 0 Å². The lowest BCUT2D eigenvalue weighted by Gasteiger charge is -2.03. The highest BCUT2D eigenvalue weighted by Crippen LogP contribution is 2.27. The van der Waals surface area contributed by atoms with Crippen LogP contribution in [0.15, 0.2) is 71.6 Å². The van der Waals surface area contributed by atoms with E-state index in [1.807, 2.05) is 35.7 Å². The van der Waals surface area contributed by atoms with E-state index in [9.17, 15) is 9.59 Å². The Labute approximate surface area is 181 Å². The first kappa shape index (κ1) is 19.9. The minimum absolute atomic E-state index is 0.0812. The Kier molecular flexibility index (Phi) is 6.26. The summed E-state index contributed by atoms with van der Waals surface area (Å²) in [6.07, 6.45) is 1.78. The molecule has 2 aromatic carbocycles. The Balaban J connectivity index is 1.31. The molecule has 2 N–H and O–H groups in total. The van der Waals surface area contributed by atoms with E-state index in [1.54, 1.807) is 11.6 Å². The number of nitrogens with one attached hydrogen (secondary N) is 2. The van der Waals surface area contributed by atoms with E-state index in [4.69, 9.17) is 0 Å². The average molecular weight is 435 g/mol. The van der Waals surface area contributed by atoms with Crippen LogP contribution in [0.5, 0.6) is 0 Å². The molecule has 0 aliphatic rings. The third-order valence-corrected chi connectivity index (χ3v) is 5.74. The molecule has 2 aromatic heterocycles. The minimum Gasteiger partial charge on any atom is -0.302 e. The van der Waals surface area contributed by atoms with Gasteiger partial charge in [-0.05, 0) is 11.1 Å². The van der Waals surface area contributed by atoms with Gasteiger partial charge in [0.05, 0.1) is 5.69 Å². The molecule has 0 atom stereocenters.